The van der Waals surface area contributed by atoms with Crippen LogP contribution in [-0.2, 0) is 11.3 Å². The van der Waals surface area contributed by atoms with Crippen molar-refractivity contribution in [2.24, 2.45) is 0 Å². The van der Waals surface area contributed by atoms with E-state index in [0.29, 0.717) is 23.7 Å². The molecule has 1 unspecified atom stereocenters. The standard InChI is InChI=1S/C12H17N3O2S/c1-3-17-8(2)6-13-7-10-14-9-4-5-18-11(9)12(16)15-10/h4-5,8,13H,3,6-7H2,1-2H3,(H,14,15,16). The molecule has 0 amide bonds. The average Bonchev–Trinajstić information content (AvgIpc) is 2.78. The molecule has 0 spiro atoms. The van der Waals surface area contributed by atoms with Crippen LogP contribution in [0.4, 0.5) is 0 Å². The number of nitrogens with one attached hydrogen (secondary N) is 2. The second kappa shape index (κ2) is 6.08. The van der Waals surface area contributed by atoms with E-state index in [1.165, 1.54) is 11.3 Å². The fraction of sp³-hybridized carbons (Fsp3) is 0.500. The Kier molecular flexibility index (Phi) is 4.46. The zero-order chi connectivity index (χ0) is 13.0. The van der Waals surface area contributed by atoms with Gasteiger partial charge < -0.3 is 15.0 Å². The molecule has 18 heavy (non-hydrogen) atoms. The summed E-state index contributed by atoms with van der Waals surface area (Å²) < 4.78 is 6.09. The molecule has 2 aromatic rings. The van der Waals surface area contributed by atoms with Crippen molar-refractivity contribution in [3.05, 3.63) is 27.6 Å². The first-order valence-corrected chi connectivity index (χ1v) is 6.87. The average molecular weight is 267 g/mol. The van der Waals surface area contributed by atoms with Crippen molar-refractivity contribution in [3.8, 4) is 0 Å². The maximum atomic E-state index is 11.7. The number of hydrogen-bond donors (Lipinski definition) is 2. The molecule has 5 nitrogen and oxygen atoms in total. The van der Waals surface area contributed by atoms with Crippen LogP contribution >= 0.6 is 11.3 Å². The summed E-state index contributed by atoms with van der Waals surface area (Å²) in [7, 11) is 0. The van der Waals surface area contributed by atoms with E-state index in [1.54, 1.807) is 0 Å². The maximum absolute atomic E-state index is 11.7. The van der Waals surface area contributed by atoms with Crippen molar-refractivity contribution in [2.75, 3.05) is 13.2 Å². The largest absolute Gasteiger partial charge is 0.377 e. The molecule has 0 aromatic carbocycles. The van der Waals surface area contributed by atoms with E-state index >= 15 is 0 Å². The van der Waals surface area contributed by atoms with Crippen LogP contribution in [0.1, 0.15) is 19.7 Å². The van der Waals surface area contributed by atoms with Crippen molar-refractivity contribution >= 4 is 21.6 Å². The summed E-state index contributed by atoms with van der Waals surface area (Å²) in [6.07, 6.45) is 0.159. The topological polar surface area (TPSA) is 67.0 Å². The van der Waals surface area contributed by atoms with Gasteiger partial charge in [0.25, 0.3) is 5.56 Å². The number of nitrogens with zero attached hydrogens (tertiary/aromatic N) is 1. The molecule has 2 rings (SSSR count). The van der Waals surface area contributed by atoms with E-state index in [2.05, 4.69) is 15.3 Å². The van der Waals surface area contributed by atoms with Crippen molar-refractivity contribution in [1.29, 1.82) is 0 Å². The highest BCUT2D eigenvalue weighted by molar-refractivity contribution is 7.17. The Labute approximate surface area is 109 Å². The van der Waals surface area contributed by atoms with Gasteiger partial charge in [0.15, 0.2) is 0 Å². The number of aromatic nitrogens is 2. The van der Waals surface area contributed by atoms with Gasteiger partial charge in [-0.15, -0.1) is 11.3 Å². The van der Waals surface area contributed by atoms with Gasteiger partial charge in [-0.1, -0.05) is 0 Å². The third kappa shape index (κ3) is 3.16. The lowest BCUT2D eigenvalue weighted by Crippen LogP contribution is -2.28. The van der Waals surface area contributed by atoms with Gasteiger partial charge in [0, 0.05) is 13.2 Å². The van der Waals surface area contributed by atoms with Crippen molar-refractivity contribution in [3.63, 3.8) is 0 Å². The SMILES string of the molecule is CCOC(C)CNCc1nc2ccsc2c(=O)[nH]1. The minimum absolute atomic E-state index is 0.0651. The Balaban J connectivity index is 1.97. The monoisotopic (exact) mass is 267 g/mol. The van der Waals surface area contributed by atoms with E-state index in [-0.39, 0.29) is 11.7 Å². The maximum Gasteiger partial charge on any atom is 0.268 e. The van der Waals surface area contributed by atoms with E-state index in [0.717, 1.165) is 12.1 Å². The lowest BCUT2D eigenvalue weighted by atomic mass is 10.4. The highest BCUT2D eigenvalue weighted by atomic mass is 32.1. The number of H-pyrrole nitrogens is 1. The van der Waals surface area contributed by atoms with Crippen LogP contribution in [0.3, 0.4) is 0 Å². The molecule has 6 heteroatoms. The van der Waals surface area contributed by atoms with Crippen molar-refractivity contribution in [1.82, 2.24) is 15.3 Å². The van der Waals surface area contributed by atoms with Gasteiger partial charge in [-0.3, -0.25) is 4.79 Å². The molecule has 0 saturated carbocycles. The first-order valence-electron chi connectivity index (χ1n) is 5.99. The Bertz CT molecular complexity index is 564. The minimum Gasteiger partial charge on any atom is -0.377 e. The summed E-state index contributed by atoms with van der Waals surface area (Å²) >= 11 is 1.41. The van der Waals surface area contributed by atoms with E-state index < -0.39 is 0 Å². The number of aromatic amines is 1. The minimum atomic E-state index is -0.0651. The molecule has 98 valence electrons. The lowest BCUT2D eigenvalue weighted by molar-refractivity contribution is 0.0758. The molecular formula is C12H17N3O2S. The smallest absolute Gasteiger partial charge is 0.268 e. The summed E-state index contributed by atoms with van der Waals surface area (Å²) in [5.41, 5.74) is 0.697. The number of rotatable bonds is 6. The second-order valence-corrected chi connectivity index (χ2v) is 4.96. The molecule has 0 fully saturated rings. The summed E-state index contributed by atoms with van der Waals surface area (Å²) in [6.45, 7) is 5.96. The summed E-state index contributed by atoms with van der Waals surface area (Å²) in [5.74, 6) is 0.662. The van der Waals surface area contributed by atoms with Gasteiger partial charge >= 0.3 is 0 Å². The van der Waals surface area contributed by atoms with Crippen LogP contribution in [0, 0.1) is 0 Å². The van der Waals surface area contributed by atoms with Gasteiger partial charge in [0.05, 0.1) is 18.2 Å². The van der Waals surface area contributed by atoms with E-state index in [1.807, 2.05) is 25.3 Å². The predicted octanol–water partition coefficient (Wildman–Crippen LogP) is 1.50. The molecule has 0 aliphatic rings. The lowest BCUT2D eigenvalue weighted by Gasteiger charge is -2.12. The Morgan fingerprint density at radius 2 is 2.44 bits per heavy atom. The van der Waals surface area contributed by atoms with Crippen molar-refractivity contribution in [2.45, 2.75) is 26.5 Å². The van der Waals surface area contributed by atoms with Crippen LogP contribution in [0.5, 0.6) is 0 Å². The van der Waals surface area contributed by atoms with Gasteiger partial charge in [0.2, 0.25) is 0 Å². The van der Waals surface area contributed by atoms with Crippen molar-refractivity contribution < 1.29 is 4.74 Å². The van der Waals surface area contributed by atoms with Crippen LogP contribution in [0.15, 0.2) is 16.2 Å². The molecule has 0 saturated heterocycles. The molecule has 2 N–H and O–H groups in total. The van der Waals surface area contributed by atoms with E-state index in [9.17, 15) is 4.79 Å². The van der Waals surface area contributed by atoms with Crippen LogP contribution < -0.4 is 10.9 Å². The summed E-state index contributed by atoms with van der Waals surface area (Å²) in [6, 6.07) is 1.86. The molecule has 1 atom stereocenters. The number of thiophene rings is 1. The fourth-order valence-electron chi connectivity index (χ4n) is 1.74. The molecule has 2 aromatic heterocycles. The van der Waals surface area contributed by atoms with Crippen LogP contribution in [-0.4, -0.2) is 29.2 Å². The molecule has 0 aliphatic carbocycles. The molecular weight excluding hydrogens is 250 g/mol. The second-order valence-electron chi connectivity index (χ2n) is 4.04. The predicted molar refractivity (Wildman–Crippen MR) is 73.0 cm³/mol. The Hall–Kier alpha value is -1.24. The third-order valence-corrected chi connectivity index (χ3v) is 3.44. The van der Waals surface area contributed by atoms with Gasteiger partial charge in [-0.05, 0) is 25.3 Å². The first kappa shape index (κ1) is 13.2. The van der Waals surface area contributed by atoms with Gasteiger partial charge in [-0.2, -0.15) is 0 Å². The Morgan fingerprint density at radius 1 is 1.61 bits per heavy atom. The number of fused-ring (bicyclic) bond motifs is 1. The fourth-order valence-corrected chi connectivity index (χ4v) is 2.47. The summed E-state index contributed by atoms with van der Waals surface area (Å²) in [4.78, 5) is 18.9. The molecule has 0 aliphatic heterocycles. The first-order chi connectivity index (χ1) is 8.70. The molecule has 0 bridgehead atoms. The Morgan fingerprint density at radius 3 is 3.22 bits per heavy atom. The highest BCUT2D eigenvalue weighted by Gasteiger charge is 2.05. The molecule has 0 radical (unpaired) electrons. The van der Waals surface area contributed by atoms with Crippen LogP contribution in [0.2, 0.25) is 0 Å². The summed E-state index contributed by atoms with van der Waals surface area (Å²) in [5, 5.41) is 5.09. The third-order valence-electron chi connectivity index (χ3n) is 2.54. The quantitative estimate of drug-likeness (QED) is 0.832. The van der Waals surface area contributed by atoms with E-state index in [4.69, 9.17) is 4.74 Å². The molecule has 2 heterocycles. The highest BCUT2D eigenvalue weighted by Crippen LogP contribution is 2.13. The normalized spacial score (nSPS) is 13.0. The van der Waals surface area contributed by atoms with Gasteiger partial charge in [-0.25, -0.2) is 4.98 Å². The zero-order valence-electron chi connectivity index (χ0n) is 10.5. The van der Waals surface area contributed by atoms with Gasteiger partial charge in [0.1, 0.15) is 10.5 Å². The zero-order valence-corrected chi connectivity index (χ0v) is 11.3. The number of hydrogen-bond acceptors (Lipinski definition) is 5. The van der Waals surface area contributed by atoms with Crippen LogP contribution in [0.25, 0.3) is 10.2 Å². The number of ether oxygens (including phenoxy) is 1.